The molecule has 28 heavy (non-hydrogen) atoms. The minimum absolute atomic E-state index is 0.0317. The molecule has 1 N–H and O–H groups in total. The van der Waals surface area contributed by atoms with Crippen molar-refractivity contribution in [1.82, 2.24) is 9.62 Å². The Kier molecular flexibility index (Phi) is 6.74. The number of hydrogen-bond acceptors (Lipinski definition) is 3. The molecule has 2 rings (SSSR count). The third-order valence-corrected chi connectivity index (χ3v) is 5.71. The smallest absolute Gasteiger partial charge is 0.340 e. The van der Waals surface area contributed by atoms with Crippen LogP contribution in [0.25, 0.3) is 0 Å². The van der Waals surface area contributed by atoms with Gasteiger partial charge in [0.2, 0.25) is 15.9 Å². The minimum Gasteiger partial charge on any atom is -0.340 e. The maximum absolute atomic E-state index is 12.6. The van der Waals surface area contributed by atoms with Crippen LogP contribution in [0, 0.1) is 0 Å². The van der Waals surface area contributed by atoms with Gasteiger partial charge < -0.3 is 4.90 Å². The van der Waals surface area contributed by atoms with E-state index in [4.69, 9.17) is 11.6 Å². The van der Waals surface area contributed by atoms with Crippen LogP contribution in [0.5, 0.6) is 0 Å². The van der Waals surface area contributed by atoms with E-state index in [9.17, 15) is 26.4 Å². The number of likely N-dealkylation sites (N-methyl/N-ethyl adjacent to an activating group) is 1. The van der Waals surface area contributed by atoms with Crippen molar-refractivity contribution in [1.29, 1.82) is 0 Å². The summed E-state index contributed by atoms with van der Waals surface area (Å²) in [5, 5.41) is 0.374. The molecule has 5 nitrogen and oxygen atoms in total. The molecule has 1 atom stereocenters. The number of sulfonamides is 1. The quantitative estimate of drug-likeness (QED) is 0.754. The summed E-state index contributed by atoms with van der Waals surface area (Å²) in [4.78, 5) is 13.6. The van der Waals surface area contributed by atoms with Gasteiger partial charge in [0.25, 0.3) is 0 Å². The summed E-state index contributed by atoms with van der Waals surface area (Å²) in [6.07, 6.45) is -4.44. The number of rotatable bonds is 6. The van der Waals surface area contributed by atoms with Crippen molar-refractivity contribution in [2.24, 2.45) is 0 Å². The number of alkyl halides is 3. The highest BCUT2D eigenvalue weighted by Gasteiger charge is 2.30. The Labute approximate surface area is 166 Å². The van der Waals surface area contributed by atoms with Gasteiger partial charge >= 0.3 is 6.18 Å². The first kappa shape index (κ1) is 22.2. The number of nitrogens with one attached hydrogen (secondary N) is 1. The van der Waals surface area contributed by atoms with Gasteiger partial charge in [-0.1, -0.05) is 23.7 Å². The summed E-state index contributed by atoms with van der Waals surface area (Å²) in [7, 11) is -2.49. The average molecular weight is 435 g/mol. The van der Waals surface area contributed by atoms with Crippen LogP contribution in [0.2, 0.25) is 5.02 Å². The van der Waals surface area contributed by atoms with Crippen LogP contribution in [0.15, 0.2) is 53.4 Å². The van der Waals surface area contributed by atoms with E-state index in [0.29, 0.717) is 10.6 Å². The minimum atomic E-state index is -4.44. The van der Waals surface area contributed by atoms with Crippen LogP contribution in [-0.4, -0.2) is 32.3 Å². The van der Waals surface area contributed by atoms with Gasteiger partial charge in [-0.25, -0.2) is 8.42 Å². The van der Waals surface area contributed by atoms with Gasteiger partial charge in [0.15, 0.2) is 0 Å². The Balaban J connectivity index is 2.03. The van der Waals surface area contributed by atoms with E-state index >= 15 is 0 Å². The number of carbonyl (C=O) groups is 1. The third-order valence-electron chi connectivity index (χ3n) is 3.90. The summed E-state index contributed by atoms with van der Waals surface area (Å²) in [6.45, 7) is 1.42. The van der Waals surface area contributed by atoms with Gasteiger partial charge in [0.05, 0.1) is 16.5 Å². The molecule has 1 amide bonds. The Morgan fingerprint density at radius 1 is 1.11 bits per heavy atom. The Morgan fingerprint density at radius 3 is 2.14 bits per heavy atom. The molecule has 0 aliphatic rings. The lowest BCUT2D eigenvalue weighted by Gasteiger charge is -2.22. The van der Waals surface area contributed by atoms with E-state index in [2.05, 4.69) is 4.72 Å². The number of carbonyl (C=O) groups excluding carboxylic acids is 1. The first-order valence-corrected chi connectivity index (χ1v) is 9.95. The molecular formula is C18H18ClF3N2O3S. The molecule has 0 aromatic heterocycles. The van der Waals surface area contributed by atoms with Crippen LogP contribution < -0.4 is 4.72 Å². The maximum Gasteiger partial charge on any atom is 0.416 e. The van der Waals surface area contributed by atoms with Gasteiger partial charge in [0, 0.05) is 18.6 Å². The lowest BCUT2D eigenvalue weighted by atomic mass is 10.1. The zero-order valence-electron chi connectivity index (χ0n) is 15.0. The summed E-state index contributed by atoms with van der Waals surface area (Å²) in [5.41, 5.74) is -0.300. The standard InChI is InChI=1S/C18H18ClF3N2O3S/c1-12(23-28(26,27)16-9-7-15(19)8-10-16)17(25)24(2)11-13-3-5-14(6-4-13)18(20,21)22/h3-10,12,23H,11H2,1-2H3. The third kappa shape index (κ3) is 5.70. The molecule has 2 aromatic carbocycles. The summed E-state index contributed by atoms with van der Waals surface area (Å²) in [6, 6.07) is 8.80. The van der Waals surface area contributed by atoms with E-state index in [1.54, 1.807) is 0 Å². The number of hydrogen-bond donors (Lipinski definition) is 1. The zero-order chi connectivity index (χ0) is 21.1. The first-order valence-electron chi connectivity index (χ1n) is 8.09. The normalized spacial score (nSPS) is 13.2. The fourth-order valence-corrected chi connectivity index (χ4v) is 3.77. The molecule has 0 saturated heterocycles. The molecular weight excluding hydrogens is 417 g/mol. The molecule has 2 aromatic rings. The van der Waals surface area contributed by atoms with Gasteiger partial charge in [-0.2, -0.15) is 17.9 Å². The lowest BCUT2D eigenvalue weighted by molar-refractivity contribution is -0.137. The molecule has 0 aliphatic heterocycles. The highest BCUT2D eigenvalue weighted by molar-refractivity contribution is 7.89. The van der Waals surface area contributed by atoms with Crippen molar-refractivity contribution in [3.63, 3.8) is 0 Å². The Morgan fingerprint density at radius 2 is 1.64 bits per heavy atom. The van der Waals surface area contributed by atoms with Crippen molar-refractivity contribution >= 4 is 27.5 Å². The van der Waals surface area contributed by atoms with Crippen molar-refractivity contribution < 1.29 is 26.4 Å². The number of amides is 1. The fourth-order valence-electron chi connectivity index (χ4n) is 2.45. The second kappa shape index (κ2) is 8.50. The van der Waals surface area contributed by atoms with E-state index in [1.165, 1.54) is 55.3 Å². The topological polar surface area (TPSA) is 66.5 Å². The van der Waals surface area contributed by atoms with Gasteiger partial charge in [-0.15, -0.1) is 0 Å². The molecule has 0 bridgehead atoms. The zero-order valence-corrected chi connectivity index (χ0v) is 16.6. The van der Waals surface area contributed by atoms with E-state index in [-0.39, 0.29) is 11.4 Å². The molecule has 0 aliphatic carbocycles. The Bertz CT molecular complexity index is 930. The van der Waals surface area contributed by atoms with Crippen molar-refractivity contribution in [2.45, 2.75) is 30.6 Å². The predicted molar refractivity (Wildman–Crippen MR) is 99.2 cm³/mol. The van der Waals surface area contributed by atoms with Crippen LogP contribution in [0.4, 0.5) is 13.2 Å². The van der Waals surface area contributed by atoms with Gasteiger partial charge in [-0.3, -0.25) is 4.79 Å². The van der Waals surface area contributed by atoms with Crippen LogP contribution >= 0.6 is 11.6 Å². The fraction of sp³-hybridized carbons (Fsp3) is 0.278. The highest BCUT2D eigenvalue weighted by Crippen LogP contribution is 2.29. The van der Waals surface area contributed by atoms with Crippen molar-refractivity contribution in [2.75, 3.05) is 7.05 Å². The first-order chi connectivity index (χ1) is 12.9. The largest absolute Gasteiger partial charge is 0.416 e. The molecule has 0 heterocycles. The number of benzene rings is 2. The SMILES string of the molecule is CC(NS(=O)(=O)c1ccc(Cl)cc1)C(=O)N(C)Cc1ccc(C(F)(F)F)cc1. The van der Waals surface area contributed by atoms with Crippen LogP contribution in [0.3, 0.4) is 0 Å². The maximum atomic E-state index is 12.6. The van der Waals surface area contributed by atoms with E-state index in [0.717, 1.165) is 12.1 Å². The van der Waals surface area contributed by atoms with Gasteiger partial charge in [-0.05, 0) is 48.9 Å². The molecule has 0 radical (unpaired) electrons. The monoisotopic (exact) mass is 434 g/mol. The molecule has 0 spiro atoms. The molecule has 1 unspecified atom stereocenters. The number of halogens is 4. The predicted octanol–water partition coefficient (Wildman–Crippen LogP) is 3.68. The average Bonchev–Trinajstić information content (AvgIpc) is 2.60. The summed E-state index contributed by atoms with van der Waals surface area (Å²) in [5.74, 6) is -0.530. The second-order valence-electron chi connectivity index (χ2n) is 6.19. The van der Waals surface area contributed by atoms with Crippen LogP contribution in [-0.2, 0) is 27.5 Å². The van der Waals surface area contributed by atoms with E-state index < -0.39 is 33.7 Å². The van der Waals surface area contributed by atoms with Crippen LogP contribution in [0.1, 0.15) is 18.1 Å². The second-order valence-corrected chi connectivity index (χ2v) is 8.34. The molecule has 10 heteroatoms. The molecule has 152 valence electrons. The lowest BCUT2D eigenvalue weighted by Crippen LogP contribution is -2.45. The number of nitrogens with zero attached hydrogens (tertiary/aromatic N) is 1. The van der Waals surface area contributed by atoms with E-state index in [1.807, 2.05) is 0 Å². The van der Waals surface area contributed by atoms with Gasteiger partial charge in [0.1, 0.15) is 0 Å². The van der Waals surface area contributed by atoms with Crippen molar-refractivity contribution in [3.05, 3.63) is 64.7 Å². The summed E-state index contributed by atoms with van der Waals surface area (Å²) < 4.78 is 64.8. The molecule has 0 fully saturated rings. The highest BCUT2D eigenvalue weighted by atomic mass is 35.5. The summed E-state index contributed by atoms with van der Waals surface area (Å²) >= 11 is 5.73. The van der Waals surface area contributed by atoms with Crippen molar-refractivity contribution in [3.8, 4) is 0 Å². The molecule has 0 saturated carbocycles. The Hall–Kier alpha value is -2.10.